The van der Waals surface area contributed by atoms with Gasteiger partial charge in [-0.1, -0.05) is 18.6 Å². The lowest BCUT2D eigenvalue weighted by Crippen LogP contribution is -2.34. The molecule has 2 bridgehead atoms. The van der Waals surface area contributed by atoms with Gasteiger partial charge < -0.3 is 4.90 Å². The summed E-state index contributed by atoms with van der Waals surface area (Å²) in [5, 5.41) is 0. The van der Waals surface area contributed by atoms with Gasteiger partial charge in [0.15, 0.2) is 0 Å². The quantitative estimate of drug-likeness (QED) is 0.810. The number of benzene rings is 1. The Hall–Kier alpha value is -0.960. The van der Waals surface area contributed by atoms with Gasteiger partial charge in [-0.05, 0) is 61.3 Å². The molecule has 0 saturated heterocycles. The summed E-state index contributed by atoms with van der Waals surface area (Å²) in [6.45, 7) is 0.893. The Bertz CT molecular complexity index is 544. The Morgan fingerprint density at radius 2 is 2.14 bits per heavy atom. The highest BCUT2D eigenvalue weighted by Gasteiger charge is 2.40. The molecule has 0 N–H and O–H groups in total. The fraction of sp³-hybridized carbons (Fsp3) is 0.611. The third-order valence-electron chi connectivity index (χ3n) is 5.56. The molecule has 3 atom stereocenters. The Kier molecular flexibility index (Phi) is 3.70. The molecule has 2 saturated carbocycles. The molecule has 1 aromatic rings. The van der Waals surface area contributed by atoms with Crippen LogP contribution < -0.4 is 4.90 Å². The summed E-state index contributed by atoms with van der Waals surface area (Å²) in [7, 11) is 0. The lowest BCUT2D eigenvalue weighted by Gasteiger charge is -2.27. The maximum atomic E-state index is 12.9. The van der Waals surface area contributed by atoms with Gasteiger partial charge in [-0.25, -0.2) is 0 Å². The zero-order chi connectivity index (χ0) is 14.2. The van der Waals surface area contributed by atoms with Crippen molar-refractivity contribution in [1.82, 2.24) is 0 Å². The zero-order valence-corrected chi connectivity index (χ0v) is 13.3. The van der Waals surface area contributed by atoms with E-state index in [0.29, 0.717) is 11.8 Å². The van der Waals surface area contributed by atoms with E-state index in [9.17, 15) is 4.79 Å². The monoisotopic (exact) mass is 301 g/mol. The number of hydrogen-bond donors (Lipinski definition) is 0. The number of carbonyl (C=O) groups is 1. The lowest BCUT2D eigenvalue weighted by molar-refractivity contribution is -0.119. The molecule has 1 heterocycles. The van der Waals surface area contributed by atoms with Crippen molar-refractivity contribution in [2.45, 2.75) is 43.4 Å². The topological polar surface area (TPSA) is 20.3 Å². The first-order valence-electron chi connectivity index (χ1n) is 8.33. The van der Waals surface area contributed by atoms with Crippen molar-refractivity contribution in [2.24, 2.45) is 17.8 Å². The number of fused-ring (bicyclic) bond motifs is 3. The molecule has 1 amide bonds. The summed E-state index contributed by atoms with van der Waals surface area (Å²) in [5.74, 6) is 3.92. The van der Waals surface area contributed by atoms with E-state index in [-0.39, 0.29) is 0 Å². The van der Waals surface area contributed by atoms with Crippen LogP contribution in [-0.4, -0.2) is 18.2 Å². The summed E-state index contributed by atoms with van der Waals surface area (Å²) in [4.78, 5) is 16.2. The summed E-state index contributed by atoms with van der Waals surface area (Å²) in [5.41, 5.74) is 1.15. The van der Waals surface area contributed by atoms with Crippen molar-refractivity contribution in [3.63, 3.8) is 0 Å². The number of thioether (sulfide) groups is 1. The van der Waals surface area contributed by atoms with Crippen molar-refractivity contribution in [1.29, 1.82) is 0 Å². The molecule has 4 rings (SSSR count). The van der Waals surface area contributed by atoms with Crippen molar-refractivity contribution < 1.29 is 4.79 Å². The minimum absolute atomic E-state index is 0.363. The molecule has 0 spiro atoms. The van der Waals surface area contributed by atoms with Gasteiger partial charge in [-0.15, -0.1) is 11.8 Å². The van der Waals surface area contributed by atoms with E-state index in [1.807, 2.05) is 11.8 Å². The molecule has 3 unspecified atom stereocenters. The second kappa shape index (κ2) is 5.68. The van der Waals surface area contributed by atoms with Gasteiger partial charge >= 0.3 is 0 Å². The molecule has 1 aromatic carbocycles. The van der Waals surface area contributed by atoms with Gasteiger partial charge in [0.1, 0.15) is 0 Å². The average molecular weight is 301 g/mol. The van der Waals surface area contributed by atoms with Gasteiger partial charge in [-0.3, -0.25) is 4.79 Å². The Labute approximate surface area is 131 Å². The van der Waals surface area contributed by atoms with E-state index < -0.39 is 0 Å². The molecule has 3 heteroatoms. The third kappa shape index (κ3) is 2.61. The maximum Gasteiger partial charge on any atom is 0.227 e. The number of nitrogens with zero attached hydrogens (tertiary/aromatic N) is 1. The first-order chi connectivity index (χ1) is 10.3. The van der Waals surface area contributed by atoms with E-state index in [1.54, 1.807) is 0 Å². The van der Waals surface area contributed by atoms with E-state index in [4.69, 9.17) is 0 Å². The van der Waals surface area contributed by atoms with Crippen LogP contribution in [0.15, 0.2) is 29.2 Å². The smallest absolute Gasteiger partial charge is 0.227 e. The van der Waals surface area contributed by atoms with Gasteiger partial charge in [0.25, 0.3) is 0 Å². The van der Waals surface area contributed by atoms with Crippen LogP contribution in [0.25, 0.3) is 0 Å². The maximum absolute atomic E-state index is 12.9. The summed E-state index contributed by atoms with van der Waals surface area (Å²) in [6.07, 6.45) is 7.36. The molecule has 0 radical (unpaired) electrons. The van der Waals surface area contributed by atoms with E-state index in [1.165, 1.54) is 30.6 Å². The Morgan fingerprint density at radius 3 is 2.95 bits per heavy atom. The molecule has 1 aliphatic heterocycles. The van der Waals surface area contributed by atoms with E-state index in [2.05, 4.69) is 29.2 Å². The third-order valence-corrected chi connectivity index (χ3v) is 6.71. The number of para-hydroxylation sites is 1. The number of amides is 1. The van der Waals surface area contributed by atoms with Gasteiger partial charge in [-0.2, -0.15) is 0 Å². The van der Waals surface area contributed by atoms with Crippen molar-refractivity contribution in [3.05, 3.63) is 24.3 Å². The molecule has 2 aliphatic carbocycles. The standard InChI is InChI=1S/C18H23NOS/c20-18(12-15-11-13-6-7-14(15)10-13)19-8-3-9-21-17-5-2-1-4-16(17)19/h1-2,4-5,13-15H,3,6-12H2. The summed E-state index contributed by atoms with van der Waals surface area (Å²) in [6, 6.07) is 8.41. The van der Waals surface area contributed by atoms with E-state index >= 15 is 0 Å². The summed E-state index contributed by atoms with van der Waals surface area (Å²) >= 11 is 1.89. The SMILES string of the molecule is O=C(CC1CC2CCC1C2)N1CCCSc2ccccc21. The normalized spacial score (nSPS) is 31.0. The number of hydrogen-bond acceptors (Lipinski definition) is 2. The highest BCUT2D eigenvalue weighted by atomic mass is 32.2. The molecular formula is C18H23NOS. The highest BCUT2D eigenvalue weighted by Crippen LogP contribution is 2.49. The second-order valence-electron chi connectivity index (χ2n) is 6.85. The highest BCUT2D eigenvalue weighted by molar-refractivity contribution is 7.99. The molecule has 3 aliphatic rings. The van der Waals surface area contributed by atoms with Crippen LogP contribution in [0.2, 0.25) is 0 Å². The molecule has 2 nitrogen and oxygen atoms in total. The number of carbonyl (C=O) groups excluding carboxylic acids is 1. The van der Waals surface area contributed by atoms with Crippen molar-refractivity contribution >= 4 is 23.4 Å². The predicted octanol–water partition coefficient (Wildman–Crippen LogP) is 4.34. The van der Waals surface area contributed by atoms with Crippen LogP contribution >= 0.6 is 11.8 Å². The largest absolute Gasteiger partial charge is 0.311 e. The zero-order valence-electron chi connectivity index (χ0n) is 12.5. The Balaban J connectivity index is 1.51. The summed E-state index contributed by atoms with van der Waals surface area (Å²) < 4.78 is 0. The van der Waals surface area contributed by atoms with Gasteiger partial charge in [0.2, 0.25) is 5.91 Å². The average Bonchev–Trinajstić information content (AvgIpc) is 3.04. The number of rotatable bonds is 2. The molecule has 0 aromatic heterocycles. The fourth-order valence-corrected chi connectivity index (χ4v) is 5.54. The van der Waals surface area contributed by atoms with Crippen LogP contribution in [0.5, 0.6) is 0 Å². The first-order valence-corrected chi connectivity index (χ1v) is 9.32. The minimum atomic E-state index is 0.363. The van der Waals surface area contributed by atoms with E-state index in [0.717, 1.165) is 42.7 Å². The molecular weight excluding hydrogens is 278 g/mol. The molecule has 2 fully saturated rings. The van der Waals surface area contributed by atoms with Gasteiger partial charge in [0, 0.05) is 17.9 Å². The fourth-order valence-electron chi connectivity index (χ4n) is 4.55. The Morgan fingerprint density at radius 1 is 1.24 bits per heavy atom. The van der Waals surface area contributed by atoms with Crippen LogP contribution in [0, 0.1) is 17.8 Å². The predicted molar refractivity (Wildman–Crippen MR) is 87.7 cm³/mol. The lowest BCUT2D eigenvalue weighted by atomic mass is 9.86. The second-order valence-corrected chi connectivity index (χ2v) is 7.99. The number of anilines is 1. The van der Waals surface area contributed by atoms with Crippen molar-refractivity contribution in [2.75, 3.05) is 17.2 Å². The van der Waals surface area contributed by atoms with Crippen molar-refractivity contribution in [3.8, 4) is 0 Å². The van der Waals surface area contributed by atoms with Gasteiger partial charge in [0.05, 0.1) is 5.69 Å². The minimum Gasteiger partial charge on any atom is -0.311 e. The van der Waals surface area contributed by atoms with Crippen LogP contribution in [0.4, 0.5) is 5.69 Å². The molecule has 112 valence electrons. The van der Waals surface area contributed by atoms with Crippen LogP contribution in [-0.2, 0) is 4.79 Å². The van der Waals surface area contributed by atoms with Crippen LogP contribution in [0.1, 0.15) is 38.5 Å². The molecule has 21 heavy (non-hydrogen) atoms. The first kappa shape index (κ1) is 13.7. The van der Waals surface area contributed by atoms with Crippen LogP contribution in [0.3, 0.4) is 0 Å².